The number of hydrogen-bond acceptors (Lipinski definition) is 5. The van der Waals surface area contributed by atoms with Crippen LogP contribution in [0.2, 0.25) is 5.02 Å². The number of likely N-dealkylation sites (tertiary alicyclic amines) is 1. The molecule has 8 heteroatoms. The maximum absolute atomic E-state index is 12.3. The maximum atomic E-state index is 12.3. The van der Waals surface area contributed by atoms with Crippen molar-refractivity contribution in [2.75, 3.05) is 32.0 Å². The van der Waals surface area contributed by atoms with E-state index in [1.165, 1.54) is 11.6 Å². The van der Waals surface area contributed by atoms with E-state index in [0.29, 0.717) is 23.9 Å². The summed E-state index contributed by atoms with van der Waals surface area (Å²) in [5, 5.41) is 5.98. The Kier molecular flexibility index (Phi) is 8.76. The number of carbonyl (C=O) groups is 2. The minimum Gasteiger partial charge on any atom is -0.494 e. The Labute approximate surface area is 194 Å². The number of nitrogen functional groups attached to an aromatic ring is 1. The van der Waals surface area contributed by atoms with Gasteiger partial charge in [0.05, 0.1) is 18.7 Å². The van der Waals surface area contributed by atoms with Gasteiger partial charge in [-0.3, -0.25) is 14.5 Å². The van der Waals surface area contributed by atoms with Crippen molar-refractivity contribution in [3.63, 3.8) is 0 Å². The van der Waals surface area contributed by atoms with Gasteiger partial charge in [0.2, 0.25) is 5.91 Å². The molecule has 1 heterocycles. The van der Waals surface area contributed by atoms with Crippen LogP contribution < -0.4 is 21.1 Å². The zero-order chi connectivity index (χ0) is 22.9. The molecule has 2 aromatic rings. The third-order valence-electron chi connectivity index (χ3n) is 5.57. The standard InChI is InChI=1S/C24H31ClN4O3/c1-2-32-20-9-6-17(7-10-20)16-29-12-4-3-5-19(29)14-27-23(30)15-28-24(31)21-13-18(25)8-11-22(21)26/h6-11,13,19H,2-5,12,14-16,26H2,1H3,(H,27,30)(H,28,31). The minimum absolute atomic E-state index is 0.115. The molecule has 2 amide bonds. The largest absolute Gasteiger partial charge is 0.494 e. The van der Waals surface area contributed by atoms with Gasteiger partial charge in [-0.2, -0.15) is 0 Å². The van der Waals surface area contributed by atoms with Crippen LogP contribution in [0.3, 0.4) is 0 Å². The van der Waals surface area contributed by atoms with Crippen molar-refractivity contribution in [2.24, 2.45) is 0 Å². The van der Waals surface area contributed by atoms with Gasteiger partial charge in [0.15, 0.2) is 0 Å². The second-order valence-electron chi connectivity index (χ2n) is 7.92. The number of nitrogens with zero attached hydrogens (tertiary/aromatic N) is 1. The van der Waals surface area contributed by atoms with Crippen LogP contribution in [0.1, 0.15) is 42.1 Å². The van der Waals surface area contributed by atoms with Gasteiger partial charge >= 0.3 is 0 Å². The number of amides is 2. The first-order valence-corrected chi connectivity index (χ1v) is 11.4. The van der Waals surface area contributed by atoms with Crippen molar-refractivity contribution >= 4 is 29.1 Å². The number of halogens is 1. The molecule has 1 aliphatic rings. The fourth-order valence-electron chi connectivity index (χ4n) is 3.87. The van der Waals surface area contributed by atoms with Crippen LogP contribution in [0.4, 0.5) is 5.69 Å². The summed E-state index contributed by atoms with van der Waals surface area (Å²) in [6, 6.07) is 13.1. The van der Waals surface area contributed by atoms with E-state index >= 15 is 0 Å². The molecule has 2 aromatic carbocycles. The number of nitrogens with two attached hydrogens (primary N) is 1. The van der Waals surface area contributed by atoms with Gasteiger partial charge in [-0.15, -0.1) is 0 Å². The summed E-state index contributed by atoms with van der Waals surface area (Å²) >= 11 is 5.93. The van der Waals surface area contributed by atoms with Crippen LogP contribution in [0, 0.1) is 0 Å². The highest BCUT2D eigenvalue weighted by atomic mass is 35.5. The third-order valence-corrected chi connectivity index (χ3v) is 5.81. The Hall–Kier alpha value is -2.77. The number of piperidine rings is 1. The fraction of sp³-hybridized carbons (Fsp3) is 0.417. The van der Waals surface area contributed by atoms with E-state index in [2.05, 4.69) is 27.7 Å². The molecule has 4 N–H and O–H groups in total. The third kappa shape index (κ3) is 6.87. The molecular formula is C24H31ClN4O3. The average molecular weight is 459 g/mol. The molecule has 1 saturated heterocycles. The lowest BCUT2D eigenvalue weighted by Gasteiger charge is -2.36. The maximum Gasteiger partial charge on any atom is 0.253 e. The smallest absolute Gasteiger partial charge is 0.253 e. The summed E-state index contributed by atoms with van der Waals surface area (Å²) < 4.78 is 5.51. The van der Waals surface area contributed by atoms with E-state index < -0.39 is 5.91 Å². The van der Waals surface area contributed by atoms with Crippen LogP contribution >= 0.6 is 11.6 Å². The summed E-state index contributed by atoms with van der Waals surface area (Å²) in [4.78, 5) is 27.0. The Morgan fingerprint density at radius 1 is 1.16 bits per heavy atom. The highest BCUT2D eigenvalue weighted by Gasteiger charge is 2.23. The molecule has 0 saturated carbocycles. The molecule has 7 nitrogen and oxygen atoms in total. The first-order chi connectivity index (χ1) is 15.5. The van der Waals surface area contributed by atoms with E-state index in [0.717, 1.165) is 38.1 Å². The van der Waals surface area contributed by atoms with Crippen molar-refractivity contribution in [3.05, 3.63) is 58.6 Å². The molecule has 0 radical (unpaired) electrons. The number of nitrogens with one attached hydrogen (secondary N) is 2. The first-order valence-electron chi connectivity index (χ1n) is 11.0. The summed E-state index contributed by atoms with van der Waals surface area (Å²) in [6.45, 7) is 4.89. The minimum atomic E-state index is -0.421. The van der Waals surface area contributed by atoms with E-state index in [1.54, 1.807) is 12.1 Å². The van der Waals surface area contributed by atoms with Crippen LogP contribution in [-0.2, 0) is 11.3 Å². The van der Waals surface area contributed by atoms with E-state index in [4.69, 9.17) is 22.1 Å². The predicted molar refractivity (Wildman–Crippen MR) is 127 cm³/mol. The monoisotopic (exact) mass is 458 g/mol. The Morgan fingerprint density at radius 2 is 1.94 bits per heavy atom. The zero-order valence-electron chi connectivity index (χ0n) is 18.4. The van der Waals surface area contributed by atoms with Gasteiger partial charge in [0, 0.05) is 29.8 Å². The van der Waals surface area contributed by atoms with E-state index in [1.807, 2.05) is 19.1 Å². The molecule has 0 bridgehead atoms. The molecule has 0 aliphatic carbocycles. The van der Waals surface area contributed by atoms with Crippen LogP contribution in [0.15, 0.2) is 42.5 Å². The van der Waals surface area contributed by atoms with Crippen molar-refractivity contribution in [1.29, 1.82) is 0 Å². The van der Waals surface area contributed by atoms with Crippen molar-refractivity contribution in [1.82, 2.24) is 15.5 Å². The van der Waals surface area contributed by atoms with Gasteiger partial charge in [-0.25, -0.2) is 0 Å². The topological polar surface area (TPSA) is 96.7 Å². The number of benzene rings is 2. The van der Waals surface area contributed by atoms with Gasteiger partial charge in [0.1, 0.15) is 5.75 Å². The number of hydrogen-bond donors (Lipinski definition) is 3. The molecule has 1 fully saturated rings. The molecule has 0 spiro atoms. The van der Waals surface area contributed by atoms with Crippen LogP contribution in [-0.4, -0.2) is 49.0 Å². The zero-order valence-corrected chi connectivity index (χ0v) is 19.2. The summed E-state index contributed by atoms with van der Waals surface area (Å²) in [5.74, 6) is 0.223. The van der Waals surface area contributed by atoms with Crippen LogP contribution in [0.5, 0.6) is 5.75 Å². The highest BCUT2D eigenvalue weighted by molar-refractivity contribution is 6.31. The molecule has 172 valence electrons. The second-order valence-corrected chi connectivity index (χ2v) is 8.35. The van der Waals surface area contributed by atoms with Gasteiger partial charge in [-0.1, -0.05) is 30.2 Å². The Balaban J connectivity index is 1.47. The fourth-order valence-corrected chi connectivity index (χ4v) is 4.04. The van der Waals surface area contributed by atoms with Gasteiger partial charge < -0.3 is 21.1 Å². The van der Waals surface area contributed by atoms with E-state index in [-0.39, 0.29) is 24.1 Å². The molecular weight excluding hydrogens is 428 g/mol. The Bertz CT molecular complexity index is 920. The number of anilines is 1. The SMILES string of the molecule is CCOc1ccc(CN2CCCCC2CNC(=O)CNC(=O)c2cc(Cl)ccc2N)cc1. The molecule has 32 heavy (non-hydrogen) atoms. The molecule has 1 aliphatic heterocycles. The second kappa shape index (κ2) is 11.7. The molecule has 1 unspecified atom stereocenters. The molecule has 0 aromatic heterocycles. The highest BCUT2D eigenvalue weighted by Crippen LogP contribution is 2.21. The van der Waals surface area contributed by atoms with Crippen molar-refractivity contribution in [3.8, 4) is 5.75 Å². The lowest BCUT2D eigenvalue weighted by atomic mass is 10.0. The first kappa shape index (κ1) is 23.9. The number of rotatable bonds is 9. The van der Waals surface area contributed by atoms with Crippen molar-refractivity contribution < 1.29 is 14.3 Å². The Morgan fingerprint density at radius 3 is 2.69 bits per heavy atom. The summed E-state index contributed by atoms with van der Waals surface area (Å²) in [5.41, 5.74) is 7.62. The molecule has 3 rings (SSSR count). The summed E-state index contributed by atoms with van der Waals surface area (Å²) in [7, 11) is 0. The molecule has 1 atom stereocenters. The predicted octanol–water partition coefficient (Wildman–Crippen LogP) is 3.22. The van der Waals surface area contributed by atoms with Gasteiger partial charge in [0.25, 0.3) is 5.91 Å². The lowest BCUT2D eigenvalue weighted by molar-refractivity contribution is -0.120. The van der Waals surface area contributed by atoms with E-state index in [9.17, 15) is 9.59 Å². The number of ether oxygens (including phenoxy) is 1. The quantitative estimate of drug-likeness (QED) is 0.501. The average Bonchev–Trinajstić information content (AvgIpc) is 2.80. The summed E-state index contributed by atoms with van der Waals surface area (Å²) in [6.07, 6.45) is 3.33. The van der Waals surface area contributed by atoms with Crippen LogP contribution in [0.25, 0.3) is 0 Å². The number of carbonyl (C=O) groups excluding carboxylic acids is 2. The van der Waals surface area contributed by atoms with Crippen molar-refractivity contribution in [2.45, 2.75) is 38.8 Å². The lowest BCUT2D eigenvalue weighted by Crippen LogP contribution is -2.48. The normalized spacial score (nSPS) is 16.4. The van der Waals surface area contributed by atoms with Gasteiger partial charge in [-0.05, 0) is 62.2 Å².